The molecule has 0 amide bonds. The Bertz CT molecular complexity index is 520. The maximum atomic E-state index is 12.4. The van der Waals surface area contributed by atoms with E-state index in [1.54, 1.807) is 0 Å². The Morgan fingerprint density at radius 2 is 2.00 bits per heavy atom. The third-order valence-corrected chi connectivity index (χ3v) is 2.91. The average molecular weight is 253 g/mol. The second kappa shape index (κ2) is 3.24. The van der Waals surface area contributed by atoms with Crippen molar-refractivity contribution in [2.75, 3.05) is 5.73 Å². The van der Waals surface area contributed by atoms with Crippen LogP contribution in [0.1, 0.15) is 5.56 Å². The molecule has 80 valence electrons. The van der Waals surface area contributed by atoms with Gasteiger partial charge in [0.1, 0.15) is 5.52 Å². The third-order valence-electron chi connectivity index (χ3n) is 1.79. The summed E-state index contributed by atoms with van der Waals surface area (Å²) in [6, 6.07) is 1.85. The second-order valence-corrected chi connectivity index (χ2v) is 4.32. The lowest BCUT2D eigenvalue weighted by Gasteiger charge is -2.06. The zero-order valence-corrected chi connectivity index (χ0v) is 8.67. The number of anilines is 1. The van der Waals surface area contributed by atoms with Crippen molar-refractivity contribution in [3.8, 4) is 0 Å². The fourth-order valence-corrected chi connectivity index (χ4v) is 2.29. The van der Waals surface area contributed by atoms with Crippen LogP contribution in [0.25, 0.3) is 10.2 Å². The van der Waals surface area contributed by atoms with Gasteiger partial charge >= 0.3 is 6.18 Å². The minimum atomic E-state index is -4.41. The maximum absolute atomic E-state index is 12.4. The van der Waals surface area contributed by atoms with Gasteiger partial charge in [0, 0.05) is 0 Å². The number of halogens is 4. The molecule has 1 aromatic heterocycles. The molecule has 0 atom stereocenters. The first-order valence-corrected chi connectivity index (χ1v) is 5.00. The minimum Gasteiger partial charge on any atom is -0.375 e. The third kappa shape index (κ3) is 1.87. The van der Waals surface area contributed by atoms with Gasteiger partial charge in [-0.3, -0.25) is 0 Å². The van der Waals surface area contributed by atoms with Crippen molar-refractivity contribution in [2.45, 2.75) is 6.18 Å². The highest BCUT2D eigenvalue weighted by atomic mass is 35.5. The number of alkyl halides is 3. The molecule has 0 bridgehead atoms. The Morgan fingerprint density at radius 3 is 2.60 bits per heavy atom. The van der Waals surface area contributed by atoms with E-state index < -0.39 is 11.7 Å². The van der Waals surface area contributed by atoms with Crippen LogP contribution in [0.15, 0.2) is 12.1 Å². The van der Waals surface area contributed by atoms with Crippen molar-refractivity contribution in [3.05, 3.63) is 22.7 Å². The summed E-state index contributed by atoms with van der Waals surface area (Å²) >= 11 is 6.65. The van der Waals surface area contributed by atoms with Gasteiger partial charge in [-0.05, 0) is 12.1 Å². The lowest BCUT2D eigenvalue weighted by Crippen LogP contribution is -2.04. The average Bonchev–Trinajstić information content (AvgIpc) is 2.44. The monoisotopic (exact) mass is 252 g/mol. The van der Waals surface area contributed by atoms with Crippen LogP contribution in [0.3, 0.4) is 0 Å². The number of nitrogens with zero attached hydrogens (tertiary/aromatic N) is 1. The van der Waals surface area contributed by atoms with Crippen LogP contribution in [0.2, 0.25) is 5.02 Å². The molecule has 0 saturated heterocycles. The van der Waals surface area contributed by atoms with Gasteiger partial charge in [-0.2, -0.15) is 13.2 Å². The molecule has 0 saturated carbocycles. The molecule has 1 heterocycles. The van der Waals surface area contributed by atoms with Gasteiger partial charge in [0.05, 0.1) is 15.3 Å². The molecule has 2 N–H and O–H groups in total. The summed E-state index contributed by atoms with van der Waals surface area (Å²) in [4.78, 5) is 3.83. The Hall–Kier alpha value is -1.01. The molecule has 2 rings (SSSR count). The van der Waals surface area contributed by atoms with Gasteiger partial charge in [-0.25, -0.2) is 4.98 Å². The first kappa shape index (κ1) is 10.5. The molecule has 0 spiro atoms. The number of thiazole rings is 1. The fourth-order valence-electron chi connectivity index (χ4n) is 1.17. The van der Waals surface area contributed by atoms with E-state index in [9.17, 15) is 13.2 Å². The van der Waals surface area contributed by atoms with E-state index >= 15 is 0 Å². The molecule has 0 unspecified atom stereocenters. The van der Waals surface area contributed by atoms with E-state index in [2.05, 4.69) is 4.98 Å². The van der Waals surface area contributed by atoms with Crippen LogP contribution >= 0.6 is 22.9 Å². The highest BCUT2D eigenvalue weighted by Crippen LogP contribution is 2.37. The summed E-state index contributed by atoms with van der Waals surface area (Å²) in [5.41, 5.74) is 4.91. The predicted octanol–water partition coefficient (Wildman–Crippen LogP) is 3.55. The van der Waals surface area contributed by atoms with Crippen LogP contribution in [0, 0.1) is 0 Å². The van der Waals surface area contributed by atoms with Crippen LogP contribution in [-0.4, -0.2) is 4.98 Å². The zero-order chi connectivity index (χ0) is 11.2. The number of rotatable bonds is 0. The molecule has 0 radical (unpaired) electrons. The van der Waals surface area contributed by atoms with Crippen LogP contribution in [0.5, 0.6) is 0 Å². The quantitative estimate of drug-likeness (QED) is 0.779. The van der Waals surface area contributed by atoms with E-state index in [1.165, 1.54) is 0 Å². The molecule has 2 nitrogen and oxygen atoms in total. The lowest BCUT2D eigenvalue weighted by molar-refractivity contribution is -0.137. The molecular formula is C8H4ClF3N2S. The molecule has 2 aromatic rings. The Kier molecular flexibility index (Phi) is 2.27. The van der Waals surface area contributed by atoms with Gasteiger partial charge in [0.25, 0.3) is 0 Å². The number of benzene rings is 1. The molecule has 0 fully saturated rings. The van der Waals surface area contributed by atoms with Gasteiger partial charge in [-0.1, -0.05) is 22.9 Å². The van der Waals surface area contributed by atoms with Crippen molar-refractivity contribution in [1.82, 2.24) is 4.98 Å². The van der Waals surface area contributed by atoms with Crippen molar-refractivity contribution in [2.24, 2.45) is 0 Å². The number of nitrogen functional groups attached to an aromatic ring is 1. The van der Waals surface area contributed by atoms with Gasteiger partial charge < -0.3 is 5.73 Å². The summed E-state index contributed by atoms with van der Waals surface area (Å²) in [7, 11) is 0. The van der Waals surface area contributed by atoms with Gasteiger partial charge in [0.15, 0.2) is 5.13 Å². The number of hydrogen-bond acceptors (Lipinski definition) is 3. The summed E-state index contributed by atoms with van der Waals surface area (Å²) in [5, 5.41) is 0.166. The van der Waals surface area contributed by atoms with E-state index in [-0.39, 0.29) is 10.2 Å². The fraction of sp³-hybridized carbons (Fsp3) is 0.125. The smallest absolute Gasteiger partial charge is 0.375 e. The van der Waals surface area contributed by atoms with E-state index in [4.69, 9.17) is 17.3 Å². The standard InChI is InChI=1S/C8H4ClF3N2S/c9-4-1-3(8(10,11)12)2-5-6(4)14-7(13)15-5/h1-2H,(H2,13,14). The van der Waals surface area contributed by atoms with Crippen molar-refractivity contribution < 1.29 is 13.2 Å². The number of fused-ring (bicyclic) bond motifs is 1. The molecule has 7 heteroatoms. The molecule has 1 aromatic carbocycles. The maximum Gasteiger partial charge on any atom is 0.416 e. The summed E-state index contributed by atoms with van der Waals surface area (Å²) < 4.78 is 37.5. The normalized spacial score (nSPS) is 12.3. The molecule has 0 aliphatic rings. The van der Waals surface area contributed by atoms with Gasteiger partial charge in [0.2, 0.25) is 0 Å². The zero-order valence-electron chi connectivity index (χ0n) is 7.10. The van der Waals surface area contributed by atoms with E-state index in [0.717, 1.165) is 23.5 Å². The Balaban J connectivity index is 2.72. The van der Waals surface area contributed by atoms with Crippen LogP contribution in [0.4, 0.5) is 18.3 Å². The summed E-state index contributed by atoms with van der Waals surface area (Å²) in [6.45, 7) is 0. The number of hydrogen-bond donors (Lipinski definition) is 1. The van der Waals surface area contributed by atoms with E-state index in [1.807, 2.05) is 0 Å². The largest absolute Gasteiger partial charge is 0.416 e. The van der Waals surface area contributed by atoms with Crippen molar-refractivity contribution in [1.29, 1.82) is 0 Å². The first-order valence-electron chi connectivity index (χ1n) is 3.80. The van der Waals surface area contributed by atoms with Gasteiger partial charge in [-0.15, -0.1) is 0 Å². The molecular weight excluding hydrogens is 249 g/mol. The van der Waals surface area contributed by atoms with Crippen molar-refractivity contribution in [3.63, 3.8) is 0 Å². The van der Waals surface area contributed by atoms with E-state index in [0.29, 0.717) is 10.2 Å². The SMILES string of the molecule is Nc1nc2c(Cl)cc(C(F)(F)F)cc2s1. The lowest BCUT2D eigenvalue weighted by atomic mass is 10.2. The highest BCUT2D eigenvalue weighted by molar-refractivity contribution is 7.22. The van der Waals surface area contributed by atoms with Crippen molar-refractivity contribution >= 4 is 38.3 Å². The summed E-state index contributed by atoms with van der Waals surface area (Å²) in [5.74, 6) is 0. The van der Waals surface area contributed by atoms with Crippen LogP contribution < -0.4 is 5.73 Å². The topological polar surface area (TPSA) is 38.9 Å². The Labute approximate surface area is 91.5 Å². The summed E-state index contributed by atoms with van der Waals surface area (Å²) in [6.07, 6.45) is -4.41. The highest BCUT2D eigenvalue weighted by Gasteiger charge is 2.31. The first-order chi connectivity index (χ1) is 6.88. The number of nitrogens with two attached hydrogens (primary N) is 1. The predicted molar refractivity (Wildman–Crippen MR) is 54.0 cm³/mol. The number of aromatic nitrogens is 1. The Morgan fingerprint density at radius 1 is 1.33 bits per heavy atom. The van der Waals surface area contributed by atoms with Crippen LogP contribution in [-0.2, 0) is 6.18 Å². The molecule has 0 aliphatic heterocycles. The molecule has 15 heavy (non-hydrogen) atoms. The molecule has 0 aliphatic carbocycles. The second-order valence-electron chi connectivity index (χ2n) is 2.85. The minimum absolute atomic E-state index is 0.0345.